The van der Waals surface area contributed by atoms with E-state index in [4.69, 9.17) is 5.73 Å². The maximum Gasteiger partial charge on any atom is 0.248 e. The summed E-state index contributed by atoms with van der Waals surface area (Å²) in [5.41, 5.74) is 7.17. The first-order valence-electron chi connectivity index (χ1n) is 6.52. The minimum Gasteiger partial charge on any atom is -0.320 e. The molecule has 0 spiro atoms. The molecule has 0 saturated heterocycles. The summed E-state index contributed by atoms with van der Waals surface area (Å²) in [6.07, 6.45) is 0.257. The van der Waals surface area contributed by atoms with Gasteiger partial charge in [0, 0.05) is 18.2 Å². The first-order valence-corrected chi connectivity index (χ1v) is 6.52. The van der Waals surface area contributed by atoms with Crippen LogP contribution in [0.1, 0.15) is 31.4 Å². The van der Waals surface area contributed by atoms with Crippen LogP contribution in [0.2, 0.25) is 0 Å². The standard InChI is InChI=1S/C15H16F2N2/c16-15(17)9-7-14(18,8-10-15)13-6-5-11-3-1-2-4-12(11)19-13/h1-6H,7-10,18H2. The van der Waals surface area contributed by atoms with Gasteiger partial charge >= 0.3 is 0 Å². The van der Waals surface area contributed by atoms with Crippen LogP contribution in [-0.4, -0.2) is 10.9 Å². The third-order valence-corrected chi connectivity index (χ3v) is 3.98. The quantitative estimate of drug-likeness (QED) is 0.852. The van der Waals surface area contributed by atoms with Crippen LogP contribution in [0, 0.1) is 0 Å². The number of nitrogens with two attached hydrogens (primary N) is 1. The number of alkyl halides is 2. The zero-order valence-corrected chi connectivity index (χ0v) is 10.6. The van der Waals surface area contributed by atoms with E-state index in [2.05, 4.69) is 4.98 Å². The van der Waals surface area contributed by atoms with Gasteiger partial charge < -0.3 is 5.73 Å². The van der Waals surface area contributed by atoms with Gasteiger partial charge in [0.1, 0.15) is 0 Å². The van der Waals surface area contributed by atoms with Crippen molar-refractivity contribution < 1.29 is 8.78 Å². The molecule has 1 heterocycles. The minimum atomic E-state index is -2.57. The van der Waals surface area contributed by atoms with Crippen molar-refractivity contribution in [3.63, 3.8) is 0 Å². The van der Waals surface area contributed by atoms with Crippen LogP contribution in [0.25, 0.3) is 10.9 Å². The van der Waals surface area contributed by atoms with E-state index in [0.29, 0.717) is 0 Å². The Morgan fingerprint density at radius 3 is 2.37 bits per heavy atom. The van der Waals surface area contributed by atoms with Crippen molar-refractivity contribution in [3.8, 4) is 0 Å². The summed E-state index contributed by atoms with van der Waals surface area (Å²) in [5.74, 6) is -2.57. The van der Waals surface area contributed by atoms with Gasteiger partial charge in [0.05, 0.1) is 16.7 Å². The van der Waals surface area contributed by atoms with Gasteiger partial charge in [-0.25, -0.2) is 8.78 Å². The Hall–Kier alpha value is -1.55. The number of aromatic nitrogens is 1. The number of fused-ring (bicyclic) bond motifs is 1. The predicted octanol–water partition coefficient (Wildman–Crippen LogP) is 3.60. The number of hydrogen-bond donors (Lipinski definition) is 1. The van der Waals surface area contributed by atoms with E-state index in [1.54, 1.807) is 0 Å². The van der Waals surface area contributed by atoms with Crippen LogP contribution in [0.3, 0.4) is 0 Å². The van der Waals surface area contributed by atoms with Crippen LogP contribution < -0.4 is 5.73 Å². The monoisotopic (exact) mass is 262 g/mol. The summed E-state index contributed by atoms with van der Waals surface area (Å²) in [5, 5.41) is 1.04. The lowest BCUT2D eigenvalue weighted by molar-refractivity contribution is -0.0518. The fraction of sp³-hybridized carbons (Fsp3) is 0.400. The number of nitrogens with zero attached hydrogens (tertiary/aromatic N) is 1. The Morgan fingerprint density at radius 2 is 1.63 bits per heavy atom. The molecule has 2 nitrogen and oxygen atoms in total. The maximum absolute atomic E-state index is 13.2. The highest BCUT2D eigenvalue weighted by Gasteiger charge is 2.42. The summed E-state index contributed by atoms with van der Waals surface area (Å²) in [4.78, 5) is 4.55. The summed E-state index contributed by atoms with van der Waals surface area (Å²) < 4.78 is 26.5. The Bertz CT molecular complexity index is 600. The molecule has 1 aliphatic rings. The van der Waals surface area contributed by atoms with Gasteiger partial charge in [-0.05, 0) is 25.0 Å². The SMILES string of the molecule is NC1(c2ccc3ccccc3n2)CCC(F)(F)CC1. The average Bonchev–Trinajstić information content (AvgIpc) is 2.42. The molecule has 0 amide bonds. The molecule has 2 aromatic rings. The van der Waals surface area contributed by atoms with E-state index in [1.165, 1.54) is 0 Å². The molecule has 3 rings (SSSR count). The van der Waals surface area contributed by atoms with Crippen molar-refractivity contribution in [2.45, 2.75) is 37.1 Å². The van der Waals surface area contributed by atoms with Crippen LogP contribution in [0.5, 0.6) is 0 Å². The van der Waals surface area contributed by atoms with E-state index in [0.717, 1.165) is 16.6 Å². The number of pyridine rings is 1. The second kappa shape index (κ2) is 4.23. The molecule has 0 aliphatic heterocycles. The average molecular weight is 262 g/mol. The molecule has 1 aromatic carbocycles. The van der Waals surface area contributed by atoms with Crippen molar-refractivity contribution in [2.24, 2.45) is 5.73 Å². The number of halogens is 2. The zero-order valence-electron chi connectivity index (χ0n) is 10.6. The third-order valence-electron chi connectivity index (χ3n) is 3.98. The maximum atomic E-state index is 13.2. The van der Waals surface area contributed by atoms with Crippen molar-refractivity contribution in [3.05, 3.63) is 42.1 Å². The molecule has 2 N–H and O–H groups in total. The fourth-order valence-corrected chi connectivity index (χ4v) is 2.66. The third kappa shape index (κ3) is 2.32. The first kappa shape index (κ1) is 12.5. The van der Waals surface area contributed by atoms with Crippen LogP contribution in [0.15, 0.2) is 36.4 Å². The van der Waals surface area contributed by atoms with E-state index < -0.39 is 11.5 Å². The van der Waals surface area contributed by atoms with Crippen molar-refractivity contribution in [1.29, 1.82) is 0 Å². The number of hydrogen-bond acceptors (Lipinski definition) is 2. The Kier molecular flexibility index (Phi) is 2.78. The smallest absolute Gasteiger partial charge is 0.248 e. The van der Waals surface area contributed by atoms with Crippen molar-refractivity contribution in [2.75, 3.05) is 0 Å². The number of rotatable bonds is 1. The van der Waals surface area contributed by atoms with Crippen molar-refractivity contribution >= 4 is 10.9 Å². The molecule has 0 atom stereocenters. The second-order valence-electron chi connectivity index (χ2n) is 5.40. The lowest BCUT2D eigenvalue weighted by Gasteiger charge is -2.36. The van der Waals surface area contributed by atoms with Gasteiger partial charge in [-0.1, -0.05) is 24.3 Å². The Labute approximate surface area is 110 Å². The van der Waals surface area contributed by atoms with E-state index >= 15 is 0 Å². The summed E-state index contributed by atoms with van der Waals surface area (Å²) in [6, 6.07) is 11.6. The van der Waals surface area contributed by atoms with Gasteiger partial charge in [-0.3, -0.25) is 4.98 Å². The predicted molar refractivity (Wildman–Crippen MR) is 71.0 cm³/mol. The fourth-order valence-electron chi connectivity index (χ4n) is 2.66. The molecule has 1 aliphatic carbocycles. The first-order chi connectivity index (χ1) is 8.99. The molecule has 1 fully saturated rings. The van der Waals surface area contributed by atoms with Crippen LogP contribution in [-0.2, 0) is 5.54 Å². The Morgan fingerprint density at radius 1 is 0.947 bits per heavy atom. The molecular formula is C15H16F2N2. The summed E-state index contributed by atoms with van der Waals surface area (Å²) in [7, 11) is 0. The molecule has 0 unspecified atom stereocenters. The van der Waals surface area contributed by atoms with E-state index in [9.17, 15) is 8.78 Å². The molecule has 19 heavy (non-hydrogen) atoms. The molecule has 0 bridgehead atoms. The van der Waals surface area contributed by atoms with Crippen LogP contribution >= 0.6 is 0 Å². The highest BCUT2D eigenvalue weighted by Crippen LogP contribution is 2.41. The van der Waals surface area contributed by atoms with Gasteiger partial charge in [-0.15, -0.1) is 0 Å². The van der Waals surface area contributed by atoms with Gasteiger partial charge in [0.15, 0.2) is 0 Å². The molecular weight excluding hydrogens is 246 g/mol. The van der Waals surface area contributed by atoms with E-state index in [-0.39, 0.29) is 25.7 Å². The zero-order chi connectivity index (χ0) is 13.5. The Balaban J connectivity index is 1.95. The highest BCUT2D eigenvalue weighted by molar-refractivity contribution is 5.78. The second-order valence-corrected chi connectivity index (χ2v) is 5.40. The normalized spacial score (nSPS) is 21.4. The van der Waals surface area contributed by atoms with Gasteiger partial charge in [-0.2, -0.15) is 0 Å². The van der Waals surface area contributed by atoms with E-state index in [1.807, 2.05) is 36.4 Å². The minimum absolute atomic E-state index is 0.155. The number of para-hydroxylation sites is 1. The lowest BCUT2D eigenvalue weighted by Crippen LogP contribution is -2.44. The summed E-state index contributed by atoms with van der Waals surface area (Å²) >= 11 is 0. The molecule has 1 saturated carbocycles. The van der Waals surface area contributed by atoms with Crippen molar-refractivity contribution in [1.82, 2.24) is 4.98 Å². The van der Waals surface area contributed by atoms with Crippen LogP contribution in [0.4, 0.5) is 8.78 Å². The van der Waals surface area contributed by atoms with Gasteiger partial charge in [0.2, 0.25) is 5.92 Å². The lowest BCUT2D eigenvalue weighted by atomic mass is 9.78. The number of benzene rings is 1. The van der Waals surface area contributed by atoms with Gasteiger partial charge in [0.25, 0.3) is 0 Å². The molecule has 4 heteroatoms. The molecule has 0 radical (unpaired) electrons. The largest absolute Gasteiger partial charge is 0.320 e. The summed E-state index contributed by atoms with van der Waals surface area (Å²) in [6.45, 7) is 0. The highest BCUT2D eigenvalue weighted by atomic mass is 19.3. The molecule has 100 valence electrons. The molecule has 1 aromatic heterocycles. The topological polar surface area (TPSA) is 38.9 Å².